The Hall–Kier alpha value is -2.57. The fourth-order valence-corrected chi connectivity index (χ4v) is 3.37. The first kappa shape index (κ1) is 17.3. The summed E-state index contributed by atoms with van der Waals surface area (Å²) in [4.78, 5) is 4.97. The van der Waals surface area contributed by atoms with Gasteiger partial charge in [0.25, 0.3) is 0 Å². The molecular weight excluding hydrogens is 358 g/mol. The second-order valence-electron chi connectivity index (χ2n) is 5.06. The van der Waals surface area contributed by atoms with E-state index in [-0.39, 0.29) is 5.75 Å². The summed E-state index contributed by atoms with van der Waals surface area (Å²) in [6, 6.07) is 12.8. The van der Waals surface area contributed by atoms with Gasteiger partial charge in [0.1, 0.15) is 0 Å². The van der Waals surface area contributed by atoms with Crippen molar-refractivity contribution in [2.75, 3.05) is 14.2 Å². The van der Waals surface area contributed by atoms with Gasteiger partial charge in [0.2, 0.25) is 4.80 Å². The predicted octanol–water partition coefficient (Wildman–Crippen LogP) is 4.00. The maximum atomic E-state index is 10.2. The Morgan fingerprint density at radius 1 is 1.20 bits per heavy atom. The molecule has 1 N–H and O–H groups in total. The van der Waals surface area contributed by atoms with Crippen LogP contribution in [0, 0.1) is 0 Å². The van der Waals surface area contributed by atoms with E-state index in [0.29, 0.717) is 21.1 Å². The zero-order valence-corrected chi connectivity index (χ0v) is 15.3. The minimum absolute atomic E-state index is 0.0406. The van der Waals surface area contributed by atoms with Crippen molar-refractivity contribution in [3.63, 3.8) is 0 Å². The van der Waals surface area contributed by atoms with Crippen LogP contribution in [-0.4, -0.2) is 30.2 Å². The highest BCUT2D eigenvalue weighted by molar-refractivity contribution is 7.07. The number of hydrogen-bond donors (Lipinski definition) is 1. The molecule has 0 aliphatic heterocycles. The molecule has 0 unspecified atom stereocenters. The monoisotopic (exact) mass is 373 g/mol. The predicted molar refractivity (Wildman–Crippen MR) is 102 cm³/mol. The normalized spacial score (nSPS) is 12.0. The zero-order valence-electron chi connectivity index (χ0n) is 13.7. The molecule has 0 fully saturated rings. The van der Waals surface area contributed by atoms with E-state index in [1.807, 2.05) is 29.6 Å². The molecule has 0 aliphatic rings. The Balaban J connectivity index is 2.10. The summed E-state index contributed by atoms with van der Waals surface area (Å²) in [5.41, 5.74) is 2.24. The zero-order chi connectivity index (χ0) is 17.8. The van der Waals surface area contributed by atoms with Gasteiger partial charge in [-0.15, -0.1) is 11.3 Å². The number of benzene rings is 2. The number of phenols is 1. The Bertz CT molecular complexity index is 992. The van der Waals surface area contributed by atoms with Gasteiger partial charge < -0.3 is 9.84 Å². The molecule has 0 atom stereocenters. The van der Waals surface area contributed by atoms with Crippen LogP contribution in [0.4, 0.5) is 0 Å². The van der Waals surface area contributed by atoms with E-state index in [2.05, 4.69) is 10.1 Å². The van der Waals surface area contributed by atoms with E-state index < -0.39 is 0 Å². The summed E-state index contributed by atoms with van der Waals surface area (Å²) in [6.45, 7) is 0. The smallest absolute Gasteiger partial charge is 0.205 e. The standard InChI is InChI=1S/C18H16ClN3O2S/c1-20-18-22(15(11-25-18)13-7-3-4-8-14(13)19)21-10-12-6-5-9-16(24-2)17(12)23/h3-11,23H,1-2H3/b20-18?,21-10-. The molecule has 0 saturated carbocycles. The number of phenolic OH excluding ortho intramolecular Hbond substituents is 1. The lowest BCUT2D eigenvalue weighted by Gasteiger charge is -2.07. The molecule has 128 valence electrons. The Kier molecular flexibility index (Phi) is 5.21. The quantitative estimate of drug-likeness (QED) is 0.703. The van der Waals surface area contributed by atoms with Gasteiger partial charge in [0.15, 0.2) is 11.5 Å². The van der Waals surface area contributed by atoms with Gasteiger partial charge in [-0.05, 0) is 18.2 Å². The van der Waals surface area contributed by atoms with Gasteiger partial charge >= 0.3 is 0 Å². The van der Waals surface area contributed by atoms with E-state index in [0.717, 1.165) is 11.3 Å². The van der Waals surface area contributed by atoms with Crippen LogP contribution >= 0.6 is 22.9 Å². The minimum atomic E-state index is 0.0406. The van der Waals surface area contributed by atoms with Gasteiger partial charge in [-0.3, -0.25) is 4.99 Å². The maximum Gasteiger partial charge on any atom is 0.205 e. The molecule has 25 heavy (non-hydrogen) atoms. The number of nitrogens with zero attached hydrogens (tertiary/aromatic N) is 3. The van der Waals surface area contributed by atoms with Crippen molar-refractivity contribution in [3.05, 3.63) is 63.2 Å². The lowest BCUT2D eigenvalue weighted by atomic mass is 10.2. The summed E-state index contributed by atoms with van der Waals surface area (Å²) in [5, 5.41) is 17.3. The first-order chi connectivity index (χ1) is 12.2. The summed E-state index contributed by atoms with van der Waals surface area (Å²) in [7, 11) is 3.21. The van der Waals surface area contributed by atoms with Crippen molar-refractivity contribution in [1.82, 2.24) is 4.68 Å². The van der Waals surface area contributed by atoms with E-state index >= 15 is 0 Å². The van der Waals surface area contributed by atoms with Crippen LogP contribution in [0.1, 0.15) is 5.56 Å². The van der Waals surface area contributed by atoms with Crippen LogP contribution in [0.2, 0.25) is 5.02 Å². The molecule has 0 spiro atoms. The number of ether oxygens (including phenoxy) is 1. The minimum Gasteiger partial charge on any atom is -0.504 e. The number of thiazole rings is 1. The van der Waals surface area contributed by atoms with Crippen molar-refractivity contribution in [2.45, 2.75) is 0 Å². The Labute approximate surface area is 154 Å². The third-order valence-corrected chi connectivity index (χ3v) is 4.83. The summed E-state index contributed by atoms with van der Waals surface area (Å²) >= 11 is 7.78. The van der Waals surface area contributed by atoms with E-state index in [9.17, 15) is 5.11 Å². The van der Waals surface area contributed by atoms with Gasteiger partial charge in [0.05, 0.1) is 19.0 Å². The van der Waals surface area contributed by atoms with Crippen LogP contribution in [-0.2, 0) is 0 Å². The molecule has 0 amide bonds. The molecule has 5 nitrogen and oxygen atoms in total. The van der Waals surface area contributed by atoms with Gasteiger partial charge in [-0.25, -0.2) is 4.68 Å². The molecular formula is C18H16ClN3O2S. The molecule has 0 saturated heterocycles. The molecule has 0 bridgehead atoms. The van der Waals surface area contributed by atoms with Crippen LogP contribution in [0.25, 0.3) is 11.3 Å². The third kappa shape index (κ3) is 3.45. The van der Waals surface area contributed by atoms with Crippen molar-refractivity contribution in [1.29, 1.82) is 0 Å². The summed E-state index contributed by atoms with van der Waals surface area (Å²) in [5.74, 6) is 0.435. The van der Waals surface area contributed by atoms with Crippen molar-refractivity contribution < 1.29 is 9.84 Å². The van der Waals surface area contributed by atoms with Crippen molar-refractivity contribution in [2.24, 2.45) is 10.1 Å². The largest absolute Gasteiger partial charge is 0.504 e. The number of methoxy groups -OCH3 is 1. The molecule has 1 heterocycles. The average Bonchev–Trinajstić information content (AvgIpc) is 3.04. The Morgan fingerprint density at radius 2 is 2.00 bits per heavy atom. The van der Waals surface area contributed by atoms with Crippen LogP contribution in [0.15, 0.2) is 57.9 Å². The lowest BCUT2D eigenvalue weighted by molar-refractivity contribution is 0.373. The fraction of sp³-hybridized carbons (Fsp3) is 0.111. The van der Waals surface area contributed by atoms with E-state index in [4.69, 9.17) is 16.3 Å². The van der Waals surface area contributed by atoms with Gasteiger partial charge in [-0.1, -0.05) is 35.9 Å². The summed E-state index contributed by atoms with van der Waals surface area (Å²) < 4.78 is 6.82. The highest BCUT2D eigenvalue weighted by atomic mass is 35.5. The first-order valence-electron chi connectivity index (χ1n) is 7.44. The lowest BCUT2D eigenvalue weighted by Crippen LogP contribution is -2.11. The molecule has 2 aromatic carbocycles. The molecule has 3 rings (SSSR count). The number of para-hydroxylation sites is 1. The first-order valence-corrected chi connectivity index (χ1v) is 8.70. The topological polar surface area (TPSA) is 59.1 Å². The number of hydrogen-bond acceptors (Lipinski definition) is 5. The fourth-order valence-electron chi connectivity index (χ4n) is 2.35. The number of aromatic nitrogens is 1. The molecule has 1 aromatic heterocycles. The Morgan fingerprint density at radius 3 is 2.72 bits per heavy atom. The van der Waals surface area contributed by atoms with Crippen molar-refractivity contribution >= 4 is 29.2 Å². The van der Waals surface area contributed by atoms with Gasteiger partial charge in [-0.2, -0.15) is 5.10 Å². The number of rotatable bonds is 4. The molecule has 7 heteroatoms. The second-order valence-corrected chi connectivity index (χ2v) is 6.31. The highest BCUT2D eigenvalue weighted by Gasteiger charge is 2.11. The molecule has 3 aromatic rings. The van der Waals surface area contributed by atoms with Crippen LogP contribution in [0.3, 0.4) is 0 Å². The molecule has 0 aliphatic carbocycles. The molecule has 0 radical (unpaired) electrons. The van der Waals surface area contributed by atoms with E-state index in [1.165, 1.54) is 18.4 Å². The summed E-state index contributed by atoms with van der Waals surface area (Å²) in [6.07, 6.45) is 1.57. The van der Waals surface area contributed by atoms with E-state index in [1.54, 1.807) is 36.1 Å². The third-order valence-electron chi connectivity index (χ3n) is 3.59. The van der Waals surface area contributed by atoms with Crippen molar-refractivity contribution in [3.8, 4) is 22.8 Å². The van der Waals surface area contributed by atoms with Crippen LogP contribution in [0.5, 0.6) is 11.5 Å². The van der Waals surface area contributed by atoms with Gasteiger partial charge in [0, 0.05) is 28.6 Å². The second kappa shape index (κ2) is 7.55. The number of aromatic hydroxyl groups is 1. The number of halogens is 1. The average molecular weight is 374 g/mol. The van der Waals surface area contributed by atoms with Crippen LogP contribution < -0.4 is 9.54 Å². The highest BCUT2D eigenvalue weighted by Crippen LogP contribution is 2.29. The SMILES string of the molecule is CN=c1scc(-c2ccccc2Cl)n1/N=C\c1cccc(OC)c1O. The maximum absolute atomic E-state index is 10.2.